The van der Waals surface area contributed by atoms with Crippen LogP contribution < -0.4 is 4.73 Å². The molecular weight excluding hydrogens is 154 g/mol. The summed E-state index contributed by atoms with van der Waals surface area (Å²) in [7, 11) is 0. The summed E-state index contributed by atoms with van der Waals surface area (Å²) in [6.07, 6.45) is 5.63. The molecule has 2 aliphatic rings. The Balaban J connectivity index is 2.26. The molecule has 0 saturated carbocycles. The van der Waals surface area contributed by atoms with E-state index < -0.39 is 0 Å². The van der Waals surface area contributed by atoms with Crippen LogP contribution in [0.25, 0.3) is 6.08 Å². The Bertz CT molecular complexity index is 373. The minimum atomic E-state index is 0.145. The average molecular weight is 161 g/mol. The van der Waals surface area contributed by atoms with Gasteiger partial charge in [0.1, 0.15) is 12.2 Å². The number of fused-ring (bicyclic) bond motifs is 3. The van der Waals surface area contributed by atoms with E-state index in [-0.39, 0.29) is 12.2 Å². The Morgan fingerprint density at radius 2 is 2.42 bits per heavy atom. The Kier molecular flexibility index (Phi) is 0.966. The fraction of sp³-hybridized carbons (Fsp3) is 0.222. The third-order valence-corrected chi connectivity index (χ3v) is 2.31. The highest BCUT2D eigenvalue weighted by molar-refractivity contribution is 5.54. The van der Waals surface area contributed by atoms with Crippen molar-refractivity contribution in [3.8, 4) is 0 Å². The first-order chi connectivity index (χ1) is 5.86. The molecule has 1 saturated heterocycles. The highest BCUT2D eigenvalue weighted by Crippen LogP contribution is 2.43. The Morgan fingerprint density at radius 3 is 3.33 bits per heavy atom. The molecule has 0 N–H and O–H groups in total. The molecule has 0 bridgehead atoms. The molecule has 0 amide bonds. The van der Waals surface area contributed by atoms with Crippen molar-refractivity contribution in [3.05, 3.63) is 40.9 Å². The molecule has 0 aromatic carbocycles. The van der Waals surface area contributed by atoms with Crippen molar-refractivity contribution in [1.82, 2.24) is 0 Å². The van der Waals surface area contributed by atoms with Crippen LogP contribution in [-0.4, -0.2) is 6.10 Å². The molecule has 12 heavy (non-hydrogen) atoms. The van der Waals surface area contributed by atoms with Crippen molar-refractivity contribution < 1.29 is 9.47 Å². The van der Waals surface area contributed by atoms with Gasteiger partial charge in [0.2, 0.25) is 5.69 Å². The molecule has 1 fully saturated rings. The van der Waals surface area contributed by atoms with Gasteiger partial charge < -0.3 is 9.94 Å². The molecule has 1 aromatic rings. The van der Waals surface area contributed by atoms with Gasteiger partial charge in [0, 0.05) is 12.1 Å². The zero-order valence-electron chi connectivity index (χ0n) is 6.31. The van der Waals surface area contributed by atoms with Gasteiger partial charge >= 0.3 is 0 Å². The number of pyridine rings is 1. The number of hydrogen-bond acceptors (Lipinski definition) is 2. The van der Waals surface area contributed by atoms with Gasteiger partial charge in [0.25, 0.3) is 0 Å². The highest BCUT2D eigenvalue weighted by Gasteiger charge is 2.43. The molecular formula is C9H7NO2. The second-order valence-electron chi connectivity index (χ2n) is 3.05. The number of nitrogens with zero attached hydrogens (tertiary/aromatic N) is 1. The van der Waals surface area contributed by atoms with Gasteiger partial charge in [-0.05, 0) is 12.1 Å². The zero-order valence-corrected chi connectivity index (χ0v) is 6.31. The van der Waals surface area contributed by atoms with Crippen molar-refractivity contribution >= 4 is 6.08 Å². The number of hydrogen-bond donors (Lipinski definition) is 0. The average Bonchev–Trinajstić information content (AvgIpc) is 2.83. The van der Waals surface area contributed by atoms with Crippen molar-refractivity contribution in [1.29, 1.82) is 0 Å². The van der Waals surface area contributed by atoms with Crippen LogP contribution in [0.3, 0.4) is 0 Å². The van der Waals surface area contributed by atoms with Gasteiger partial charge in [-0.25, -0.2) is 0 Å². The zero-order chi connectivity index (χ0) is 8.13. The summed E-state index contributed by atoms with van der Waals surface area (Å²) in [5.74, 6) is 0. The van der Waals surface area contributed by atoms with E-state index >= 15 is 0 Å². The lowest BCUT2D eigenvalue weighted by Crippen LogP contribution is -2.31. The molecule has 3 rings (SSSR count). The van der Waals surface area contributed by atoms with Crippen LogP contribution in [0.5, 0.6) is 0 Å². The van der Waals surface area contributed by atoms with E-state index in [2.05, 4.69) is 0 Å². The summed E-state index contributed by atoms with van der Waals surface area (Å²) in [5.41, 5.74) is 1.73. The van der Waals surface area contributed by atoms with Gasteiger partial charge in [0.15, 0.2) is 6.20 Å². The molecule has 0 spiro atoms. The lowest BCUT2D eigenvalue weighted by atomic mass is 10.0. The smallest absolute Gasteiger partial charge is 0.222 e. The number of ether oxygens (including phenoxy) is 1. The molecule has 2 heterocycles. The molecule has 60 valence electrons. The maximum absolute atomic E-state index is 11.2. The van der Waals surface area contributed by atoms with E-state index in [1.54, 1.807) is 6.07 Å². The Hall–Kier alpha value is -1.35. The van der Waals surface area contributed by atoms with E-state index in [0.29, 0.717) is 0 Å². The summed E-state index contributed by atoms with van der Waals surface area (Å²) in [6.45, 7) is 0. The second-order valence-corrected chi connectivity index (χ2v) is 3.05. The largest absolute Gasteiger partial charge is 0.618 e. The minimum absolute atomic E-state index is 0.145. The summed E-state index contributed by atoms with van der Waals surface area (Å²) in [4.78, 5) is 0. The molecule has 1 aliphatic carbocycles. The topological polar surface area (TPSA) is 39.5 Å². The summed E-state index contributed by atoms with van der Waals surface area (Å²) in [6, 6.07) is 3.70. The van der Waals surface area contributed by atoms with Gasteiger partial charge in [-0.3, -0.25) is 0 Å². The molecule has 1 aliphatic heterocycles. The van der Waals surface area contributed by atoms with Gasteiger partial charge in [0.05, 0.1) is 5.56 Å². The molecule has 3 nitrogen and oxygen atoms in total. The SMILES string of the molecule is [O-][n+]1cccc2c1C=CC1OC21. The summed E-state index contributed by atoms with van der Waals surface area (Å²) < 4.78 is 6.20. The monoisotopic (exact) mass is 161 g/mol. The molecule has 2 atom stereocenters. The fourth-order valence-electron chi connectivity index (χ4n) is 1.63. The van der Waals surface area contributed by atoms with E-state index in [4.69, 9.17) is 4.74 Å². The van der Waals surface area contributed by atoms with Crippen LogP contribution in [0.2, 0.25) is 0 Å². The van der Waals surface area contributed by atoms with Gasteiger partial charge in [-0.1, -0.05) is 0 Å². The number of aromatic nitrogens is 1. The third kappa shape index (κ3) is 0.662. The number of rotatable bonds is 0. The standard InChI is InChI=1S/C9H7NO2/c11-10-5-1-2-6-7(10)3-4-8-9(6)12-8/h1-5,8-9H. The molecule has 0 radical (unpaired) electrons. The minimum Gasteiger partial charge on any atom is -0.618 e. The van der Waals surface area contributed by atoms with Crippen LogP contribution in [0.1, 0.15) is 17.4 Å². The van der Waals surface area contributed by atoms with E-state index in [9.17, 15) is 5.21 Å². The van der Waals surface area contributed by atoms with Gasteiger partial charge in [-0.2, -0.15) is 4.73 Å². The van der Waals surface area contributed by atoms with Crippen LogP contribution in [0.4, 0.5) is 0 Å². The Labute approximate surface area is 69.5 Å². The van der Waals surface area contributed by atoms with Crippen LogP contribution in [0.15, 0.2) is 24.4 Å². The van der Waals surface area contributed by atoms with Crippen molar-refractivity contribution in [2.45, 2.75) is 12.2 Å². The maximum Gasteiger partial charge on any atom is 0.222 e. The first-order valence-electron chi connectivity index (χ1n) is 3.92. The summed E-state index contributed by atoms with van der Waals surface area (Å²) >= 11 is 0. The predicted octanol–water partition coefficient (Wildman–Crippen LogP) is 0.787. The Morgan fingerprint density at radius 1 is 1.50 bits per heavy atom. The normalized spacial score (nSPS) is 29.3. The number of epoxide rings is 1. The lowest BCUT2D eigenvalue weighted by Gasteiger charge is -2.06. The van der Waals surface area contributed by atoms with Crippen LogP contribution in [0, 0.1) is 5.21 Å². The van der Waals surface area contributed by atoms with Crippen molar-refractivity contribution in [3.63, 3.8) is 0 Å². The van der Waals surface area contributed by atoms with Crippen LogP contribution in [-0.2, 0) is 4.74 Å². The summed E-state index contributed by atoms with van der Waals surface area (Å²) in [5, 5.41) is 11.2. The van der Waals surface area contributed by atoms with E-state index in [1.165, 1.54) is 6.20 Å². The van der Waals surface area contributed by atoms with E-state index in [1.807, 2.05) is 18.2 Å². The fourth-order valence-corrected chi connectivity index (χ4v) is 1.63. The quantitative estimate of drug-likeness (QED) is 0.320. The third-order valence-electron chi connectivity index (χ3n) is 2.31. The van der Waals surface area contributed by atoms with E-state index in [0.717, 1.165) is 16.0 Å². The predicted molar refractivity (Wildman–Crippen MR) is 42.1 cm³/mol. The first kappa shape index (κ1) is 6.20. The van der Waals surface area contributed by atoms with Crippen molar-refractivity contribution in [2.24, 2.45) is 0 Å². The first-order valence-corrected chi connectivity index (χ1v) is 3.92. The van der Waals surface area contributed by atoms with Crippen LogP contribution >= 0.6 is 0 Å². The van der Waals surface area contributed by atoms with Crippen molar-refractivity contribution in [2.75, 3.05) is 0 Å². The molecule has 3 heteroatoms. The molecule has 2 unspecified atom stereocenters. The van der Waals surface area contributed by atoms with Gasteiger partial charge in [-0.15, -0.1) is 0 Å². The lowest BCUT2D eigenvalue weighted by molar-refractivity contribution is -0.608. The molecule has 1 aromatic heterocycles. The highest BCUT2D eigenvalue weighted by atomic mass is 16.6. The second kappa shape index (κ2) is 1.87. The maximum atomic E-state index is 11.2.